The number of benzene rings is 1. The Hall–Kier alpha value is -1.06. The third-order valence-corrected chi connectivity index (χ3v) is 3.11. The van der Waals surface area contributed by atoms with Crippen LogP contribution in [0.1, 0.15) is 46.1 Å². The maximum atomic E-state index is 5.88. The Kier molecular flexibility index (Phi) is 7.03. The zero-order valence-corrected chi connectivity index (χ0v) is 13.5. The summed E-state index contributed by atoms with van der Waals surface area (Å²) in [5, 5.41) is 3.49. The van der Waals surface area contributed by atoms with Gasteiger partial charge >= 0.3 is 0 Å². The molecule has 1 rings (SSSR count). The van der Waals surface area contributed by atoms with Crippen LogP contribution in [0.2, 0.25) is 0 Å². The fourth-order valence-electron chi connectivity index (χ4n) is 1.94. The molecule has 3 nitrogen and oxygen atoms in total. The number of ether oxygens (including phenoxy) is 2. The lowest BCUT2D eigenvalue weighted by atomic mass is 10.1. The van der Waals surface area contributed by atoms with Gasteiger partial charge in [-0.3, -0.25) is 0 Å². The van der Waals surface area contributed by atoms with Gasteiger partial charge in [-0.1, -0.05) is 12.1 Å². The van der Waals surface area contributed by atoms with Gasteiger partial charge in [0.1, 0.15) is 5.75 Å². The average Bonchev–Trinajstić information content (AvgIpc) is 2.40. The number of hydrogen-bond acceptors (Lipinski definition) is 3. The van der Waals surface area contributed by atoms with E-state index in [1.165, 1.54) is 0 Å². The molecular formula is C17H29NO2. The second-order valence-corrected chi connectivity index (χ2v) is 6.29. The molecule has 0 aliphatic heterocycles. The van der Waals surface area contributed by atoms with Crippen LogP contribution >= 0.6 is 0 Å². The summed E-state index contributed by atoms with van der Waals surface area (Å²) in [4.78, 5) is 0. The molecule has 0 bridgehead atoms. The minimum Gasteiger partial charge on any atom is -0.497 e. The molecule has 0 radical (unpaired) electrons. The summed E-state index contributed by atoms with van der Waals surface area (Å²) in [5.41, 5.74) is 1.36. The van der Waals surface area contributed by atoms with Gasteiger partial charge in [-0.15, -0.1) is 0 Å². The van der Waals surface area contributed by atoms with E-state index >= 15 is 0 Å². The predicted octanol–water partition coefficient (Wildman–Crippen LogP) is 3.77. The van der Waals surface area contributed by atoms with E-state index in [1.807, 2.05) is 18.2 Å². The molecule has 0 spiro atoms. The van der Waals surface area contributed by atoms with Crippen molar-refractivity contribution < 1.29 is 9.47 Å². The third kappa shape index (κ3) is 7.51. The number of rotatable bonds is 8. The molecule has 114 valence electrons. The Bertz CT molecular complexity index is 385. The van der Waals surface area contributed by atoms with E-state index in [2.05, 4.69) is 39.1 Å². The lowest BCUT2D eigenvalue weighted by Gasteiger charge is -2.21. The fourth-order valence-corrected chi connectivity index (χ4v) is 1.94. The van der Waals surface area contributed by atoms with Crippen molar-refractivity contribution in [1.82, 2.24) is 5.32 Å². The van der Waals surface area contributed by atoms with Crippen LogP contribution in [0.25, 0.3) is 0 Å². The Morgan fingerprint density at radius 2 is 2.00 bits per heavy atom. The molecule has 0 aliphatic rings. The molecule has 0 heterocycles. The van der Waals surface area contributed by atoms with Gasteiger partial charge in [0.15, 0.2) is 0 Å². The van der Waals surface area contributed by atoms with Crippen LogP contribution in [0.5, 0.6) is 5.75 Å². The highest BCUT2D eigenvalue weighted by Gasteiger charge is 2.08. The zero-order chi connectivity index (χ0) is 15.0. The topological polar surface area (TPSA) is 30.5 Å². The minimum atomic E-state index is 0.199. The van der Waals surface area contributed by atoms with Crippen LogP contribution in [-0.4, -0.2) is 25.3 Å². The molecule has 0 amide bonds. The third-order valence-electron chi connectivity index (χ3n) is 3.11. The van der Waals surface area contributed by atoms with E-state index < -0.39 is 0 Å². The molecule has 1 aromatic rings. The first kappa shape index (κ1) is 17.0. The van der Waals surface area contributed by atoms with Crippen molar-refractivity contribution in [3.8, 4) is 5.75 Å². The van der Waals surface area contributed by atoms with E-state index in [0.29, 0.717) is 6.61 Å². The first-order valence-corrected chi connectivity index (χ1v) is 7.40. The summed E-state index contributed by atoms with van der Waals surface area (Å²) in [6.45, 7) is 10.4. The highest BCUT2D eigenvalue weighted by molar-refractivity contribution is 5.27. The van der Waals surface area contributed by atoms with E-state index in [1.54, 1.807) is 7.11 Å². The summed E-state index contributed by atoms with van der Waals surface area (Å²) in [7, 11) is 1.69. The van der Waals surface area contributed by atoms with Crippen LogP contribution < -0.4 is 10.1 Å². The molecule has 0 saturated heterocycles. The minimum absolute atomic E-state index is 0.199. The number of methoxy groups -OCH3 is 1. The van der Waals surface area contributed by atoms with E-state index in [0.717, 1.165) is 30.7 Å². The largest absolute Gasteiger partial charge is 0.497 e. The van der Waals surface area contributed by atoms with E-state index in [4.69, 9.17) is 9.47 Å². The molecule has 20 heavy (non-hydrogen) atoms. The van der Waals surface area contributed by atoms with Crippen molar-refractivity contribution in [3.05, 3.63) is 29.8 Å². The maximum Gasteiger partial charge on any atom is 0.119 e. The second kappa shape index (κ2) is 8.28. The molecular weight excluding hydrogens is 250 g/mol. The van der Waals surface area contributed by atoms with Crippen molar-refractivity contribution in [2.45, 2.75) is 58.8 Å². The molecule has 0 aromatic heterocycles. The van der Waals surface area contributed by atoms with Gasteiger partial charge in [-0.25, -0.2) is 0 Å². The van der Waals surface area contributed by atoms with Gasteiger partial charge in [-0.05, 0) is 64.8 Å². The smallest absolute Gasteiger partial charge is 0.119 e. The summed E-state index contributed by atoms with van der Waals surface area (Å²) in [6.07, 6.45) is 2.49. The quantitative estimate of drug-likeness (QED) is 0.735. The van der Waals surface area contributed by atoms with Crippen molar-refractivity contribution >= 4 is 0 Å². The average molecular weight is 279 g/mol. The summed E-state index contributed by atoms with van der Waals surface area (Å²) < 4.78 is 11.1. The molecule has 1 N–H and O–H groups in total. The Balaban J connectivity index is 2.20. The molecule has 0 saturated carbocycles. The van der Waals surface area contributed by atoms with Crippen LogP contribution in [0.3, 0.4) is 0 Å². The Morgan fingerprint density at radius 1 is 1.25 bits per heavy atom. The van der Waals surface area contributed by atoms with Crippen LogP contribution in [-0.2, 0) is 11.3 Å². The summed E-state index contributed by atoms with van der Waals surface area (Å²) in [6, 6.07) is 8.03. The molecule has 0 aliphatic carbocycles. The van der Waals surface area contributed by atoms with Crippen molar-refractivity contribution in [3.63, 3.8) is 0 Å². The SMILES string of the molecule is COc1cccc(COC(C)CCCNC(C)(C)C)c1. The predicted molar refractivity (Wildman–Crippen MR) is 84.2 cm³/mol. The van der Waals surface area contributed by atoms with Crippen molar-refractivity contribution in [2.24, 2.45) is 0 Å². The van der Waals surface area contributed by atoms with Gasteiger partial charge in [0.05, 0.1) is 19.8 Å². The van der Waals surface area contributed by atoms with E-state index in [9.17, 15) is 0 Å². The van der Waals surface area contributed by atoms with Gasteiger partial charge in [0.2, 0.25) is 0 Å². The van der Waals surface area contributed by atoms with Crippen LogP contribution in [0.4, 0.5) is 0 Å². The normalized spacial score (nSPS) is 13.2. The van der Waals surface area contributed by atoms with Crippen molar-refractivity contribution in [2.75, 3.05) is 13.7 Å². The molecule has 1 aromatic carbocycles. The molecule has 0 fully saturated rings. The lowest BCUT2D eigenvalue weighted by Crippen LogP contribution is -2.36. The maximum absolute atomic E-state index is 5.88. The summed E-state index contributed by atoms with van der Waals surface area (Å²) in [5.74, 6) is 0.883. The van der Waals surface area contributed by atoms with Crippen molar-refractivity contribution in [1.29, 1.82) is 0 Å². The highest BCUT2D eigenvalue weighted by atomic mass is 16.5. The molecule has 3 heteroatoms. The first-order valence-electron chi connectivity index (χ1n) is 7.40. The van der Waals surface area contributed by atoms with Gasteiger partial charge < -0.3 is 14.8 Å². The van der Waals surface area contributed by atoms with Gasteiger partial charge in [0.25, 0.3) is 0 Å². The van der Waals surface area contributed by atoms with Crippen LogP contribution in [0, 0.1) is 0 Å². The first-order chi connectivity index (χ1) is 9.40. The standard InChI is InChI=1S/C17H29NO2/c1-14(8-7-11-18-17(2,3)4)20-13-15-9-6-10-16(12-15)19-5/h6,9-10,12,14,18H,7-8,11,13H2,1-5H3. The number of nitrogens with one attached hydrogen (secondary N) is 1. The Labute approximate surface area is 123 Å². The molecule has 1 atom stereocenters. The van der Waals surface area contributed by atoms with Gasteiger partial charge in [-0.2, -0.15) is 0 Å². The Morgan fingerprint density at radius 3 is 2.65 bits per heavy atom. The summed E-state index contributed by atoms with van der Waals surface area (Å²) >= 11 is 0. The van der Waals surface area contributed by atoms with Crippen LogP contribution in [0.15, 0.2) is 24.3 Å². The highest BCUT2D eigenvalue weighted by Crippen LogP contribution is 2.14. The zero-order valence-electron chi connectivity index (χ0n) is 13.5. The van der Waals surface area contributed by atoms with E-state index in [-0.39, 0.29) is 11.6 Å². The molecule has 1 unspecified atom stereocenters. The van der Waals surface area contributed by atoms with Gasteiger partial charge in [0, 0.05) is 5.54 Å². The fraction of sp³-hybridized carbons (Fsp3) is 0.647. The monoisotopic (exact) mass is 279 g/mol. The second-order valence-electron chi connectivity index (χ2n) is 6.29. The number of hydrogen-bond donors (Lipinski definition) is 1. The lowest BCUT2D eigenvalue weighted by molar-refractivity contribution is 0.0460.